The number of aryl methyl sites for hydroxylation is 2. The second-order valence-corrected chi connectivity index (χ2v) is 6.06. The van der Waals surface area contributed by atoms with Gasteiger partial charge in [0.25, 0.3) is 5.91 Å². The van der Waals surface area contributed by atoms with E-state index in [-0.39, 0.29) is 5.92 Å². The normalized spacial score (nSPS) is 12.2. The predicted molar refractivity (Wildman–Crippen MR) is 89.5 cm³/mol. The van der Waals surface area contributed by atoms with Gasteiger partial charge >= 0.3 is 12.0 Å². The molecule has 0 saturated carbocycles. The van der Waals surface area contributed by atoms with Crippen molar-refractivity contribution in [3.05, 3.63) is 35.0 Å². The number of urea groups is 1. The molecule has 4 N–H and O–H groups in total. The Balaban J connectivity index is 2.25. The van der Waals surface area contributed by atoms with E-state index in [1.54, 1.807) is 32.0 Å². The lowest BCUT2D eigenvalue weighted by Crippen LogP contribution is -2.45. The quantitative estimate of drug-likeness (QED) is 0.745. The van der Waals surface area contributed by atoms with Crippen LogP contribution in [0.1, 0.15) is 35.5 Å². The first kappa shape index (κ1) is 17.5. The van der Waals surface area contributed by atoms with Crippen molar-refractivity contribution in [3.8, 4) is 0 Å². The van der Waals surface area contributed by atoms with Gasteiger partial charge in [-0.15, -0.1) is 0 Å². The van der Waals surface area contributed by atoms with Crippen LogP contribution >= 0.6 is 0 Å². The summed E-state index contributed by atoms with van der Waals surface area (Å²) in [5, 5.41) is 2.86. The van der Waals surface area contributed by atoms with Crippen molar-refractivity contribution in [3.63, 3.8) is 0 Å². The van der Waals surface area contributed by atoms with E-state index < -0.39 is 24.0 Å². The minimum atomic E-state index is -1.10. The minimum Gasteiger partial charge on any atom is -0.448 e. The molecule has 0 radical (unpaired) electrons. The second kappa shape index (κ2) is 6.74. The lowest BCUT2D eigenvalue weighted by Gasteiger charge is -2.19. The van der Waals surface area contributed by atoms with E-state index >= 15 is 0 Å². The van der Waals surface area contributed by atoms with E-state index in [1.165, 1.54) is 0 Å². The fraction of sp³-hybridized carbons (Fsp3) is 0.353. The Labute approximate surface area is 139 Å². The number of imide groups is 1. The van der Waals surface area contributed by atoms with Crippen LogP contribution in [0.2, 0.25) is 0 Å². The highest BCUT2D eigenvalue weighted by molar-refractivity contribution is 6.00. The average molecular weight is 331 g/mol. The van der Waals surface area contributed by atoms with Crippen LogP contribution in [0.5, 0.6) is 0 Å². The number of rotatable bonds is 4. The van der Waals surface area contributed by atoms with Gasteiger partial charge in [-0.2, -0.15) is 0 Å². The van der Waals surface area contributed by atoms with Crippen LogP contribution in [-0.2, 0) is 9.53 Å². The van der Waals surface area contributed by atoms with Gasteiger partial charge in [-0.3, -0.25) is 10.1 Å². The van der Waals surface area contributed by atoms with Crippen LogP contribution in [0, 0.1) is 19.8 Å². The minimum absolute atomic E-state index is 0.312. The fourth-order valence-corrected chi connectivity index (χ4v) is 2.46. The summed E-state index contributed by atoms with van der Waals surface area (Å²) in [6.07, 6.45) is -1.10. The van der Waals surface area contributed by atoms with Gasteiger partial charge in [0.2, 0.25) is 0 Å². The van der Waals surface area contributed by atoms with Crippen LogP contribution in [0.25, 0.3) is 10.9 Å². The standard InChI is InChI=1S/C17H21N3O4/c1-8(2)14(15(21)20-17(18)23)24-16(22)11-5-6-13-12(7-11)9(3)10(4)19-13/h5-8,14,19H,1-4H3,(H3,18,20,21,23). The highest BCUT2D eigenvalue weighted by atomic mass is 16.5. The molecule has 0 aliphatic rings. The topological polar surface area (TPSA) is 114 Å². The largest absolute Gasteiger partial charge is 0.448 e. The van der Waals surface area contributed by atoms with Gasteiger partial charge < -0.3 is 15.5 Å². The fourth-order valence-electron chi connectivity index (χ4n) is 2.46. The number of aromatic amines is 1. The molecule has 1 aromatic carbocycles. The summed E-state index contributed by atoms with van der Waals surface area (Å²) in [6, 6.07) is 4.16. The van der Waals surface area contributed by atoms with Crippen molar-refractivity contribution >= 4 is 28.8 Å². The summed E-state index contributed by atoms with van der Waals surface area (Å²) < 4.78 is 5.29. The van der Waals surface area contributed by atoms with Gasteiger partial charge in [-0.05, 0) is 43.5 Å². The molecule has 0 fully saturated rings. The van der Waals surface area contributed by atoms with E-state index in [2.05, 4.69) is 4.98 Å². The van der Waals surface area contributed by atoms with Gasteiger partial charge in [0.1, 0.15) is 0 Å². The van der Waals surface area contributed by atoms with Gasteiger partial charge in [-0.25, -0.2) is 9.59 Å². The Morgan fingerprint density at radius 1 is 1.21 bits per heavy atom. The Hall–Kier alpha value is -2.83. The molecule has 1 aromatic heterocycles. The predicted octanol–water partition coefficient (Wildman–Crippen LogP) is 2.16. The van der Waals surface area contributed by atoms with Crippen molar-refractivity contribution < 1.29 is 19.1 Å². The zero-order chi connectivity index (χ0) is 18.0. The first-order valence-electron chi connectivity index (χ1n) is 7.61. The zero-order valence-electron chi connectivity index (χ0n) is 14.1. The molecule has 7 nitrogen and oxygen atoms in total. The first-order valence-corrected chi connectivity index (χ1v) is 7.61. The maximum absolute atomic E-state index is 12.4. The molecule has 2 rings (SSSR count). The molecule has 24 heavy (non-hydrogen) atoms. The summed E-state index contributed by atoms with van der Waals surface area (Å²) in [5.41, 5.74) is 8.27. The maximum atomic E-state index is 12.4. The maximum Gasteiger partial charge on any atom is 0.338 e. The second-order valence-electron chi connectivity index (χ2n) is 6.06. The number of primary amides is 1. The van der Waals surface area contributed by atoms with Crippen LogP contribution in [0.4, 0.5) is 4.79 Å². The number of nitrogens with one attached hydrogen (secondary N) is 2. The molecule has 0 aliphatic heterocycles. The van der Waals surface area contributed by atoms with Crippen LogP contribution < -0.4 is 11.1 Å². The highest BCUT2D eigenvalue weighted by Gasteiger charge is 2.28. The van der Waals surface area contributed by atoms with Crippen LogP contribution in [-0.4, -0.2) is 29.0 Å². The number of amides is 3. The van der Waals surface area contributed by atoms with E-state index in [0.717, 1.165) is 22.2 Å². The van der Waals surface area contributed by atoms with Crippen molar-refractivity contribution in [1.82, 2.24) is 10.3 Å². The summed E-state index contributed by atoms with van der Waals surface area (Å²) >= 11 is 0. The molecular formula is C17H21N3O4. The molecule has 128 valence electrons. The molecular weight excluding hydrogens is 310 g/mol. The van der Waals surface area contributed by atoms with Crippen LogP contribution in [0.15, 0.2) is 18.2 Å². The number of H-pyrrole nitrogens is 1. The molecule has 0 bridgehead atoms. The number of aromatic nitrogens is 1. The van der Waals surface area contributed by atoms with Crippen LogP contribution in [0.3, 0.4) is 0 Å². The van der Waals surface area contributed by atoms with E-state index in [9.17, 15) is 14.4 Å². The lowest BCUT2D eigenvalue weighted by atomic mass is 10.1. The summed E-state index contributed by atoms with van der Waals surface area (Å²) in [5.74, 6) is -1.68. The number of esters is 1. The molecule has 1 heterocycles. The number of hydrogen-bond acceptors (Lipinski definition) is 4. The van der Waals surface area contributed by atoms with E-state index in [1.807, 2.05) is 19.2 Å². The average Bonchev–Trinajstić information content (AvgIpc) is 2.78. The Bertz CT molecular complexity index is 808. The van der Waals surface area contributed by atoms with Gasteiger partial charge in [0.05, 0.1) is 5.56 Å². The number of hydrogen-bond donors (Lipinski definition) is 3. The molecule has 2 aromatic rings. The number of nitrogens with two attached hydrogens (primary N) is 1. The smallest absolute Gasteiger partial charge is 0.338 e. The van der Waals surface area contributed by atoms with E-state index in [4.69, 9.17) is 10.5 Å². The number of carbonyl (C=O) groups excluding carboxylic acids is 3. The molecule has 0 saturated heterocycles. The molecule has 3 amide bonds. The summed E-state index contributed by atoms with van der Waals surface area (Å²) in [6.45, 7) is 7.33. The van der Waals surface area contributed by atoms with Gasteiger partial charge in [0.15, 0.2) is 6.10 Å². The number of benzene rings is 1. The highest BCUT2D eigenvalue weighted by Crippen LogP contribution is 2.23. The summed E-state index contributed by atoms with van der Waals surface area (Å²) in [4.78, 5) is 38.4. The lowest BCUT2D eigenvalue weighted by molar-refractivity contribution is -0.130. The number of carbonyl (C=O) groups is 3. The van der Waals surface area contributed by atoms with E-state index in [0.29, 0.717) is 5.56 Å². The molecule has 7 heteroatoms. The van der Waals surface area contributed by atoms with Crippen molar-refractivity contribution in [2.24, 2.45) is 11.7 Å². The third-order valence-electron chi connectivity index (χ3n) is 3.89. The zero-order valence-corrected chi connectivity index (χ0v) is 14.1. The Morgan fingerprint density at radius 3 is 2.46 bits per heavy atom. The Morgan fingerprint density at radius 2 is 1.88 bits per heavy atom. The monoisotopic (exact) mass is 331 g/mol. The third kappa shape index (κ3) is 3.56. The SMILES string of the molecule is Cc1[nH]c2ccc(C(=O)OC(C(=O)NC(N)=O)C(C)C)cc2c1C. The Kier molecular flexibility index (Phi) is 4.92. The van der Waals surface area contributed by atoms with Crippen molar-refractivity contribution in [2.45, 2.75) is 33.8 Å². The molecule has 0 spiro atoms. The summed E-state index contributed by atoms with van der Waals surface area (Å²) in [7, 11) is 0. The third-order valence-corrected chi connectivity index (χ3v) is 3.89. The van der Waals surface area contributed by atoms with Crippen molar-refractivity contribution in [2.75, 3.05) is 0 Å². The number of ether oxygens (including phenoxy) is 1. The molecule has 1 unspecified atom stereocenters. The number of fused-ring (bicyclic) bond motifs is 1. The van der Waals surface area contributed by atoms with Gasteiger partial charge in [-0.1, -0.05) is 13.8 Å². The first-order chi connectivity index (χ1) is 11.2. The molecule has 1 atom stereocenters. The van der Waals surface area contributed by atoms with Gasteiger partial charge in [0, 0.05) is 16.6 Å². The molecule has 0 aliphatic carbocycles. The van der Waals surface area contributed by atoms with Crippen molar-refractivity contribution in [1.29, 1.82) is 0 Å².